The Morgan fingerprint density at radius 1 is 1.31 bits per heavy atom. The van der Waals surface area contributed by atoms with Crippen LogP contribution in [0.4, 0.5) is 0 Å². The second kappa shape index (κ2) is 6.23. The van der Waals surface area contributed by atoms with E-state index in [1.807, 2.05) is 31.2 Å². The van der Waals surface area contributed by atoms with Crippen LogP contribution in [0.25, 0.3) is 0 Å². The maximum absolute atomic E-state index is 12.0. The minimum Gasteiger partial charge on any atom is -0.330 e. The summed E-state index contributed by atoms with van der Waals surface area (Å²) < 4.78 is 0. The van der Waals surface area contributed by atoms with Crippen LogP contribution in [-0.4, -0.2) is 12.3 Å². The van der Waals surface area contributed by atoms with E-state index in [0.717, 1.165) is 29.5 Å². The first-order chi connectivity index (χ1) is 7.65. The summed E-state index contributed by atoms with van der Waals surface area (Å²) in [6.07, 6.45) is 2.06. The molecule has 0 bridgehead atoms. The fraction of sp³-hybridized carbons (Fsp3) is 0.357. The van der Waals surface area contributed by atoms with Crippen LogP contribution in [-0.2, 0) is 6.42 Å². The first-order valence-electron chi connectivity index (χ1n) is 5.60. The lowest BCUT2D eigenvalue weighted by atomic mass is 9.97. The molecule has 0 saturated carbocycles. The van der Waals surface area contributed by atoms with Crippen molar-refractivity contribution in [2.75, 3.05) is 6.54 Å². The van der Waals surface area contributed by atoms with Crippen molar-refractivity contribution in [3.05, 3.63) is 47.5 Å². The quantitative estimate of drug-likeness (QED) is 0.588. The first-order valence-corrected chi connectivity index (χ1v) is 5.60. The lowest BCUT2D eigenvalue weighted by Gasteiger charge is -2.07. The number of carbonyl (C=O) groups is 1. The van der Waals surface area contributed by atoms with Gasteiger partial charge >= 0.3 is 0 Å². The van der Waals surface area contributed by atoms with Gasteiger partial charge in [-0.25, -0.2) is 0 Å². The molecule has 2 heteroatoms. The average molecular weight is 217 g/mol. The zero-order chi connectivity index (χ0) is 12.0. The van der Waals surface area contributed by atoms with Gasteiger partial charge in [0.2, 0.25) is 0 Å². The molecule has 2 nitrogen and oxygen atoms in total. The highest BCUT2D eigenvalue weighted by atomic mass is 16.1. The number of carbonyl (C=O) groups excluding carboxylic acids is 1. The van der Waals surface area contributed by atoms with E-state index in [1.54, 1.807) is 0 Å². The molecule has 0 saturated heterocycles. The number of Topliss-reactive ketones (excluding diaryl/α,β-unsaturated/α-hetero) is 1. The highest BCUT2D eigenvalue weighted by Gasteiger charge is 2.09. The summed E-state index contributed by atoms with van der Waals surface area (Å²) in [5, 5.41) is 0. The standard InChI is InChI=1S/C14H19NO/c1-11(2)7-8-14(16)13-6-4-3-5-12(13)9-10-15/h3-6H,1,7-10,15H2,2H3. The monoisotopic (exact) mass is 217 g/mol. The molecule has 0 radical (unpaired) electrons. The molecule has 0 aliphatic carbocycles. The maximum Gasteiger partial charge on any atom is 0.163 e. The van der Waals surface area contributed by atoms with Gasteiger partial charge in [0.25, 0.3) is 0 Å². The molecule has 0 spiro atoms. The predicted octanol–water partition coefficient (Wildman–Crippen LogP) is 2.73. The number of hydrogen-bond acceptors (Lipinski definition) is 2. The van der Waals surface area contributed by atoms with Gasteiger partial charge in [-0.15, -0.1) is 6.58 Å². The van der Waals surface area contributed by atoms with E-state index in [-0.39, 0.29) is 5.78 Å². The van der Waals surface area contributed by atoms with Crippen molar-refractivity contribution in [3.8, 4) is 0 Å². The van der Waals surface area contributed by atoms with Crippen LogP contribution >= 0.6 is 0 Å². The topological polar surface area (TPSA) is 43.1 Å². The van der Waals surface area contributed by atoms with E-state index < -0.39 is 0 Å². The third-order valence-corrected chi connectivity index (χ3v) is 2.51. The molecule has 1 rings (SSSR count). The molecule has 0 unspecified atom stereocenters. The number of ketones is 1. The molecule has 1 aromatic carbocycles. The highest BCUT2D eigenvalue weighted by Crippen LogP contribution is 2.14. The Bertz CT molecular complexity index is 382. The molecule has 2 N–H and O–H groups in total. The van der Waals surface area contributed by atoms with Crippen molar-refractivity contribution in [2.45, 2.75) is 26.2 Å². The molecule has 0 aliphatic heterocycles. The van der Waals surface area contributed by atoms with Gasteiger partial charge in [0.1, 0.15) is 0 Å². The van der Waals surface area contributed by atoms with Gasteiger partial charge in [0, 0.05) is 12.0 Å². The maximum atomic E-state index is 12.0. The Hall–Kier alpha value is -1.41. The van der Waals surface area contributed by atoms with Gasteiger partial charge in [0.05, 0.1) is 0 Å². The number of allylic oxidation sites excluding steroid dienone is 1. The van der Waals surface area contributed by atoms with Crippen molar-refractivity contribution in [1.82, 2.24) is 0 Å². The normalized spacial score (nSPS) is 10.1. The molecule has 0 heterocycles. The molecular weight excluding hydrogens is 198 g/mol. The zero-order valence-corrected chi connectivity index (χ0v) is 9.83. The Labute approximate surface area is 97.2 Å². The summed E-state index contributed by atoms with van der Waals surface area (Å²) in [4.78, 5) is 12.0. The molecule has 86 valence electrons. The number of nitrogens with two attached hydrogens (primary N) is 1. The second-order valence-electron chi connectivity index (χ2n) is 4.08. The Morgan fingerprint density at radius 2 is 2.00 bits per heavy atom. The lowest BCUT2D eigenvalue weighted by Crippen LogP contribution is -2.09. The van der Waals surface area contributed by atoms with Crippen LogP contribution in [0, 0.1) is 0 Å². The zero-order valence-electron chi connectivity index (χ0n) is 9.83. The van der Waals surface area contributed by atoms with E-state index in [9.17, 15) is 4.79 Å². The Kier molecular flexibility index (Phi) is 4.93. The summed E-state index contributed by atoms with van der Waals surface area (Å²) in [5.41, 5.74) is 8.44. The number of hydrogen-bond donors (Lipinski definition) is 1. The van der Waals surface area contributed by atoms with Crippen LogP contribution in [0.2, 0.25) is 0 Å². The van der Waals surface area contributed by atoms with Crippen molar-refractivity contribution in [2.24, 2.45) is 5.73 Å². The van der Waals surface area contributed by atoms with Gasteiger partial charge in [-0.05, 0) is 31.9 Å². The van der Waals surface area contributed by atoms with Crippen molar-refractivity contribution < 1.29 is 4.79 Å². The van der Waals surface area contributed by atoms with Crippen LogP contribution < -0.4 is 5.73 Å². The molecule has 0 atom stereocenters. The molecule has 0 aromatic heterocycles. The van der Waals surface area contributed by atoms with Gasteiger partial charge in [-0.1, -0.05) is 29.8 Å². The molecule has 1 aromatic rings. The van der Waals surface area contributed by atoms with E-state index >= 15 is 0 Å². The largest absolute Gasteiger partial charge is 0.330 e. The van der Waals surface area contributed by atoms with Crippen LogP contribution in [0.3, 0.4) is 0 Å². The third kappa shape index (κ3) is 3.63. The van der Waals surface area contributed by atoms with Crippen molar-refractivity contribution in [3.63, 3.8) is 0 Å². The molecule has 0 aliphatic rings. The third-order valence-electron chi connectivity index (χ3n) is 2.51. The predicted molar refractivity (Wildman–Crippen MR) is 67.6 cm³/mol. The molecule has 16 heavy (non-hydrogen) atoms. The fourth-order valence-electron chi connectivity index (χ4n) is 1.63. The average Bonchev–Trinajstić information content (AvgIpc) is 2.27. The first kappa shape index (κ1) is 12.7. The lowest BCUT2D eigenvalue weighted by molar-refractivity contribution is 0.0982. The second-order valence-corrected chi connectivity index (χ2v) is 4.08. The number of benzene rings is 1. The summed E-state index contributed by atoms with van der Waals surface area (Å²) in [5.74, 6) is 0.187. The van der Waals surface area contributed by atoms with Gasteiger partial charge in [-0.2, -0.15) is 0 Å². The van der Waals surface area contributed by atoms with Crippen molar-refractivity contribution in [1.29, 1.82) is 0 Å². The summed E-state index contributed by atoms with van der Waals surface area (Å²) in [6.45, 7) is 6.32. The van der Waals surface area contributed by atoms with Gasteiger partial charge < -0.3 is 5.73 Å². The van der Waals surface area contributed by atoms with E-state index in [2.05, 4.69) is 6.58 Å². The molecule has 0 fully saturated rings. The highest BCUT2D eigenvalue weighted by molar-refractivity contribution is 5.97. The Morgan fingerprint density at radius 3 is 2.62 bits per heavy atom. The molecule has 0 amide bonds. The summed E-state index contributed by atoms with van der Waals surface area (Å²) in [7, 11) is 0. The van der Waals surface area contributed by atoms with Gasteiger partial charge in [-0.3, -0.25) is 4.79 Å². The van der Waals surface area contributed by atoms with Crippen molar-refractivity contribution >= 4 is 5.78 Å². The van der Waals surface area contributed by atoms with E-state index in [4.69, 9.17) is 5.73 Å². The van der Waals surface area contributed by atoms with Gasteiger partial charge in [0.15, 0.2) is 5.78 Å². The summed E-state index contributed by atoms with van der Waals surface area (Å²) >= 11 is 0. The number of rotatable bonds is 6. The van der Waals surface area contributed by atoms with Crippen LogP contribution in [0.5, 0.6) is 0 Å². The van der Waals surface area contributed by atoms with Crippen LogP contribution in [0.1, 0.15) is 35.7 Å². The Balaban J connectivity index is 2.77. The fourth-order valence-corrected chi connectivity index (χ4v) is 1.63. The minimum atomic E-state index is 0.187. The van der Waals surface area contributed by atoms with Crippen LogP contribution in [0.15, 0.2) is 36.4 Å². The smallest absolute Gasteiger partial charge is 0.163 e. The summed E-state index contributed by atoms with van der Waals surface area (Å²) in [6, 6.07) is 7.70. The minimum absolute atomic E-state index is 0.187. The van der Waals surface area contributed by atoms with E-state index in [0.29, 0.717) is 13.0 Å². The molecular formula is C14H19NO. The SMILES string of the molecule is C=C(C)CCC(=O)c1ccccc1CCN. The van der Waals surface area contributed by atoms with E-state index in [1.165, 1.54) is 0 Å².